The minimum Gasteiger partial charge on any atom is -0.493 e. The molecule has 1 aromatic heterocycles. The molecule has 1 atom stereocenters. The van der Waals surface area contributed by atoms with Gasteiger partial charge in [-0.25, -0.2) is 0 Å². The standard InChI is InChI=1S/C23H25N3O4/c1-15-6-9-17(10-7-15)22-24-23(30-25-22)18-5-4-12-26(18)21(27)14-16-8-11-19(28-2)20(13-16)29-3/h6-11,13,18H,4-5,12,14H2,1-3H3. The SMILES string of the molecule is COc1ccc(CC(=O)N2CCCC2c2nc(-c3ccc(C)cc3)no2)cc1OC. The van der Waals surface area contributed by atoms with Crippen LogP contribution in [-0.2, 0) is 11.2 Å². The number of methoxy groups -OCH3 is 2. The van der Waals surface area contributed by atoms with E-state index in [0.29, 0.717) is 29.8 Å². The summed E-state index contributed by atoms with van der Waals surface area (Å²) in [5.74, 6) is 2.32. The van der Waals surface area contributed by atoms with Crippen LogP contribution >= 0.6 is 0 Å². The topological polar surface area (TPSA) is 77.7 Å². The van der Waals surface area contributed by atoms with Gasteiger partial charge < -0.3 is 18.9 Å². The molecule has 0 bridgehead atoms. The number of aryl methyl sites for hydroxylation is 1. The number of hydrogen-bond donors (Lipinski definition) is 0. The van der Waals surface area contributed by atoms with Crippen LogP contribution in [0.1, 0.15) is 35.9 Å². The molecule has 0 aliphatic carbocycles. The van der Waals surface area contributed by atoms with E-state index in [1.807, 2.05) is 54.3 Å². The summed E-state index contributed by atoms with van der Waals surface area (Å²) < 4.78 is 16.2. The van der Waals surface area contributed by atoms with Gasteiger partial charge >= 0.3 is 0 Å². The van der Waals surface area contributed by atoms with Gasteiger partial charge in [0.2, 0.25) is 17.6 Å². The summed E-state index contributed by atoms with van der Waals surface area (Å²) in [7, 11) is 3.17. The molecule has 0 saturated carbocycles. The number of rotatable bonds is 6. The van der Waals surface area contributed by atoms with Gasteiger partial charge in [-0.1, -0.05) is 41.1 Å². The molecule has 2 heterocycles. The molecule has 4 rings (SSSR count). The highest BCUT2D eigenvalue weighted by atomic mass is 16.5. The van der Waals surface area contributed by atoms with E-state index in [-0.39, 0.29) is 18.4 Å². The number of likely N-dealkylation sites (tertiary alicyclic amines) is 1. The summed E-state index contributed by atoms with van der Waals surface area (Å²) in [5.41, 5.74) is 2.94. The van der Waals surface area contributed by atoms with Crippen molar-refractivity contribution in [2.45, 2.75) is 32.2 Å². The number of hydrogen-bond acceptors (Lipinski definition) is 6. The zero-order chi connectivity index (χ0) is 21.1. The molecule has 1 aliphatic rings. The molecule has 1 saturated heterocycles. The van der Waals surface area contributed by atoms with E-state index >= 15 is 0 Å². The lowest BCUT2D eigenvalue weighted by Crippen LogP contribution is -2.32. The molecule has 156 valence electrons. The summed E-state index contributed by atoms with van der Waals surface area (Å²) in [6.45, 7) is 2.71. The summed E-state index contributed by atoms with van der Waals surface area (Å²) in [5, 5.41) is 4.13. The van der Waals surface area contributed by atoms with Crippen molar-refractivity contribution in [3.05, 3.63) is 59.5 Å². The van der Waals surface area contributed by atoms with Gasteiger partial charge in [-0.3, -0.25) is 4.79 Å². The van der Waals surface area contributed by atoms with Crippen molar-refractivity contribution in [2.24, 2.45) is 0 Å². The van der Waals surface area contributed by atoms with Gasteiger partial charge in [0.25, 0.3) is 0 Å². The molecule has 7 heteroatoms. The van der Waals surface area contributed by atoms with E-state index in [1.54, 1.807) is 14.2 Å². The van der Waals surface area contributed by atoms with E-state index in [0.717, 1.165) is 24.0 Å². The molecule has 30 heavy (non-hydrogen) atoms. The normalized spacial score (nSPS) is 16.0. The summed E-state index contributed by atoms with van der Waals surface area (Å²) in [6, 6.07) is 13.3. The van der Waals surface area contributed by atoms with Gasteiger partial charge in [-0.05, 0) is 37.5 Å². The lowest BCUT2D eigenvalue weighted by atomic mass is 10.1. The second-order valence-corrected chi connectivity index (χ2v) is 7.43. The lowest BCUT2D eigenvalue weighted by Gasteiger charge is -2.22. The third kappa shape index (κ3) is 4.01. The molecule has 1 amide bonds. The van der Waals surface area contributed by atoms with Crippen LogP contribution in [0.25, 0.3) is 11.4 Å². The Hall–Kier alpha value is -3.35. The van der Waals surface area contributed by atoms with Crippen LogP contribution in [-0.4, -0.2) is 41.7 Å². The summed E-state index contributed by atoms with van der Waals surface area (Å²) >= 11 is 0. The van der Waals surface area contributed by atoms with Crippen LogP contribution < -0.4 is 9.47 Å². The van der Waals surface area contributed by atoms with Gasteiger partial charge in [-0.15, -0.1) is 0 Å². The van der Waals surface area contributed by atoms with Crippen LogP contribution in [0.2, 0.25) is 0 Å². The molecule has 1 unspecified atom stereocenters. The number of nitrogens with zero attached hydrogens (tertiary/aromatic N) is 3. The molecular weight excluding hydrogens is 382 g/mol. The minimum atomic E-state index is -0.190. The highest BCUT2D eigenvalue weighted by Crippen LogP contribution is 2.33. The molecule has 0 radical (unpaired) electrons. The number of amides is 1. The maximum absolute atomic E-state index is 13.0. The Morgan fingerprint density at radius 2 is 1.90 bits per heavy atom. The molecule has 0 spiro atoms. The first-order valence-corrected chi connectivity index (χ1v) is 10.00. The van der Waals surface area contributed by atoms with Crippen molar-refractivity contribution in [3.8, 4) is 22.9 Å². The largest absolute Gasteiger partial charge is 0.493 e. The first-order valence-electron chi connectivity index (χ1n) is 10.00. The second-order valence-electron chi connectivity index (χ2n) is 7.43. The Morgan fingerprint density at radius 3 is 2.63 bits per heavy atom. The Morgan fingerprint density at radius 1 is 1.13 bits per heavy atom. The van der Waals surface area contributed by atoms with Crippen LogP contribution in [0, 0.1) is 6.92 Å². The van der Waals surface area contributed by atoms with Crippen molar-refractivity contribution in [1.82, 2.24) is 15.0 Å². The maximum Gasteiger partial charge on any atom is 0.249 e. The fraction of sp³-hybridized carbons (Fsp3) is 0.348. The van der Waals surface area contributed by atoms with Gasteiger partial charge in [-0.2, -0.15) is 4.98 Å². The number of aromatic nitrogens is 2. The van der Waals surface area contributed by atoms with Crippen LogP contribution in [0.5, 0.6) is 11.5 Å². The van der Waals surface area contributed by atoms with Crippen molar-refractivity contribution >= 4 is 5.91 Å². The number of carbonyl (C=O) groups excluding carboxylic acids is 1. The average molecular weight is 407 g/mol. The fourth-order valence-electron chi connectivity index (χ4n) is 3.78. The van der Waals surface area contributed by atoms with Gasteiger partial charge in [0.05, 0.1) is 20.6 Å². The predicted molar refractivity (Wildman–Crippen MR) is 111 cm³/mol. The van der Waals surface area contributed by atoms with E-state index in [4.69, 9.17) is 14.0 Å². The fourth-order valence-corrected chi connectivity index (χ4v) is 3.78. The van der Waals surface area contributed by atoms with E-state index in [9.17, 15) is 4.79 Å². The van der Waals surface area contributed by atoms with Crippen molar-refractivity contribution in [1.29, 1.82) is 0 Å². The molecular formula is C23H25N3O4. The molecule has 7 nitrogen and oxygen atoms in total. The maximum atomic E-state index is 13.0. The molecule has 1 fully saturated rings. The van der Waals surface area contributed by atoms with Crippen LogP contribution in [0.4, 0.5) is 0 Å². The third-order valence-electron chi connectivity index (χ3n) is 5.41. The Bertz CT molecular complexity index is 1030. The van der Waals surface area contributed by atoms with E-state index < -0.39 is 0 Å². The quantitative estimate of drug-likeness (QED) is 0.615. The van der Waals surface area contributed by atoms with E-state index in [2.05, 4.69) is 10.1 Å². The first-order chi connectivity index (χ1) is 14.6. The number of carbonyl (C=O) groups is 1. The highest BCUT2D eigenvalue weighted by molar-refractivity contribution is 5.79. The van der Waals surface area contributed by atoms with Gasteiger partial charge in [0.15, 0.2) is 11.5 Å². The van der Waals surface area contributed by atoms with Gasteiger partial charge in [0, 0.05) is 12.1 Å². The van der Waals surface area contributed by atoms with Crippen molar-refractivity contribution in [3.63, 3.8) is 0 Å². The lowest BCUT2D eigenvalue weighted by molar-refractivity contribution is -0.131. The molecule has 0 N–H and O–H groups in total. The third-order valence-corrected chi connectivity index (χ3v) is 5.41. The molecule has 3 aromatic rings. The Kier molecular flexibility index (Phi) is 5.70. The minimum absolute atomic E-state index is 0.0276. The number of benzene rings is 2. The summed E-state index contributed by atoms with van der Waals surface area (Å²) in [4.78, 5) is 19.4. The zero-order valence-electron chi connectivity index (χ0n) is 17.4. The van der Waals surface area contributed by atoms with E-state index in [1.165, 1.54) is 5.56 Å². The predicted octanol–water partition coefficient (Wildman–Crippen LogP) is 3.97. The number of ether oxygens (including phenoxy) is 2. The summed E-state index contributed by atoms with van der Waals surface area (Å²) in [6.07, 6.45) is 1.99. The van der Waals surface area contributed by atoms with Crippen molar-refractivity contribution in [2.75, 3.05) is 20.8 Å². The Labute approximate surface area is 175 Å². The first kappa shape index (κ1) is 19.9. The zero-order valence-corrected chi connectivity index (χ0v) is 17.4. The second kappa shape index (κ2) is 8.57. The molecule has 1 aliphatic heterocycles. The van der Waals surface area contributed by atoms with Crippen molar-refractivity contribution < 1.29 is 18.8 Å². The van der Waals surface area contributed by atoms with Crippen LogP contribution in [0.3, 0.4) is 0 Å². The Balaban J connectivity index is 1.50. The van der Waals surface area contributed by atoms with Gasteiger partial charge in [0.1, 0.15) is 6.04 Å². The average Bonchev–Trinajstić information content (AvgIpc) is 3.43. The highest BCUT2D eigenvalue weighted by Gasteiger charge is 2.34. The van der Waals surface area contributed by atoms with Crippen LogP contribution in [0.15, 0.2) is 47.0 Å². The smallest absolute Gasteiger partial charge is 0.249 e. The monoisotopic (exact) mass is 407 g/mol. The molecule has 2 aromatic carbocycles.